The van der Waals surface area contributed by atoms with E-state index < -0.39 is 11.6 Å². The van der Waals surface area contributed by atoms with Gasteiger partial charge in [-0.3, -0.25) is 0 Å². The second kappa shape index (κ2) is 4.11. The summed E-state index contributed by atoms with van der Waals surface area (Å²) < 4.78 is 5.18. The van der Waals surface area contributed by atoms with Crippen LogP contribution < -0.4 is 5.73 Å². The molecule has 0 aliphatic rings. The SMILES string of the molecule is CC(C)(C)OC(=O)c1c(N)cccc1Cl. The molecule has 1 aromatic carbocycles. The maximum Gasteiger partial charge on any atom is 0.342 e. The summed E-state index contributed by atoms with van der Waals surface area (Å²) in [4.78, 5) is 11.7. The summed E-state index contributed by atoms with van der Waals surface area (Å²) in [6.07, 6.45) is 0. The third kappa shape index (κ3) is 3.13. The lowest BCUT2D eigenvalue weighted by molar-refractivity contribution is 0.00710. The largest absolute Gasteiger partial charge is 0.456 e. The Balaban J connectivity index is 3.02. The highest BCUT2D eigenvalue weighted by Gasteiger charge is 2.21. The number of ether oxygens (including phenoxy) is 1. The Kier molecular flexibility index (Phi) is 3.25. The van der Waals surface area contributed by atoms with Crippen molar-refractivity contribution in [1.29, 1.82) is 0 Å². The predicted octanol–water partition coefficient (Wildman–Crippen LogP) is 2.88. The Morgan fingerprint density at radius 1 is 1.40 bits per heavy atom. The number of nitrogens with two attached hydrogens (primary N) is 1. The van der Waals surface area contributed by atoms with Crippen LogP contribution in [0.5, 0.6) is 0 Å². The first-order chi connectivity index (χ1) is 6.81. The summed E-state index contributed by atoms with van der Waals surface area (Å²) in [5.41, 5.74) is 5.66. The summed E-state index contributed by atoms with van der Waals surface area (Å²) in [7, 11) is 0. The molecule has 0 radical (unpaired) electrons. The topological polar surface area (TPSA) is 52.3 Å². The second-order valence-corrected chi connectivity index (χ2v) is 4.61. The second-order valence-electron chi connectivity index (χ2n) is 4.21. The van der Waals surface area contributed by atoms with Crippen LogP contribution in [0.3, 0.4) is 0 Å². The number of hydrogen-bond donors (Lipinski definition) is 1. The summed E-state index contributed by atoms with van der Waals surface area (Å²) in [6.45, 7) is 5.37. The smallest absolute Gasteiger partial charge is 0.342 e. The molecule has 0 saturated heterocycles. The average Bonchev–Trinajstić information content (AvgIpc) is 1.99. The number of benzene rings is 1. The molecule has 0 amide bonds. The summed E-state index contributed by atoms with van der Waals surface area (Å²) in [6, 6.07) is 4.91. The van der Waals surface area contributed by atoms with Gasteiger partial charge in [-0.1, -0.05) is 17.7 Å². The highest BCUT2D eigenvalue weighted by Crippen LogP contribution is 2.24. The van der Waals surface area contributed by atoms with E-state index in [0.29, 0.717) is 10.7 Å². The van der Waals surface area contributed by atoms with Gasteiger partial charge < -0.3 is 10.5 Å². The number of nitrogen functional groups attached to an aromatic ring is 1. The number of rotatable bonds is 1. The Bertz CT molecular complexity index is 362. The highest BCUT2D eigenvalue weighted by atomic mass is 35.5. The molecule has 82 valence electrons. The first-order valence-electron chi connectivity index (χ1n) is 4.58. The van der Waals surface area contributed by atoms with Gasteiger partial charge in [-0.15, -0.1) is 0 Å². The van der Waals surface area contributed by atoms with Crippen molar-refractivity contribution in [3.05, 3.63) is 28.8 Å². The van der Waals surface area contributed by atoms with Gasteiger partial charge in [-0.05, 0) is 32.9 Å². The van der Waals surface area contributed by atoms with Gasteiger partial charge in [0.25, 0.3) is 0 Å². The van der Waals surface area contributed by atoms with E-state index in [1.54, 1.807) is 39.0 Å². The zero-order chi connectivity index (χ0) is 11.6. The average molecular weight is 228 g/mol. The molecule has 3 nitrogen and oxygen atoms in total. The molecule has 0 atom stereocenters. The zero-order valence-corrected chi connectivity index (χ0v) is 9.76. The first kappa shape index (κ1) is 11.9. The number of anilines is 1. The number of carbonyl (C=O) groups excluding carboxylic acids is 1. The van der Waals surface area contributed by atoms with Crippen LogP contribution in [0.1, 0.15) is 31.1 Å². The maximum absolute atomic E-state index is 11.7. The van der Waals surface area contributed by atoms with E-state index in [1.165, 1.54) is 0 Å². The maximum atomic E-state index is 11.7. The van der Waals surface area contributed by atoms with Gasteiger partial charge in [0, 0.05) is 5.69 Å². The van der Waals surface area contributed by atoms with Gasteiger partial charge in [-0.2, -0.15) is 0 Å². The van der Waals surface area contributed by atoms with E-state index in [-0.39, 0.29) is 5.56 Å². The molecule has 0 unspecified atom stereocenters. The highest BCUT2D eigenvalue weighted by molar-refractivity contribution is 6.34. The molecular formula is C11H14ClNO2. The Hall–Kier alpha value is -1.22. The number of esters is 1. The molecule has 0 heterocycles. The van der Waals surface area contributed by atoms with Gasteiger partial charge in [0.1, 0.15) is 11.2 Å². The molecule has 0 aliphatic heterocycles. The lowest BCUT2D eigenvalue weighted by Crippen LogP contribution is -2.24. The van der Waals surface area contributed by atoms with Gasteiger partial charge in [0.15, 0.2) is 0 Å². The van der Waals surface area contributed by atoms with Gasteiger partial charge in [-0.25, -0.2) is 4.79 Å². The molecule has 0 fully saturated rings. The molecule has 1 aromatic rings. The number of halogens is 1. The van der Waals surface area contributed by atoms with Crippen LogP contribution in [0.25, 0.3) is 0 Å². The first-order valence-corrected chi connectivity index (χ1v) is 4.96. The Morgan fingerprint density at radius 3 is 2.47 bits per heavy atom. The number of hydrogen-bond acceptors (Lipinski definition) is 3. The van der Waals surface area contributed by atoms with Crippen LogP contribution >= 0.6 is 11.6 Å². The molecule has 1 rings (SSSR count). The minimum absolute atomic E-state index is 0.231. The molecule has 2 N–H and O–H groups in total. The monoisotopic (exact) mass is 227 g/mol. The van der Waals surface area contributed by atoms with Crippen LogP contribution in [0, 0.1) is 0 Å². The van der Waals surface area contributed by atoms with Crippen LogP contribution in [-0.4, -0.2) is 11.6 Å². The third-order valence-electron chi connectivity index (χ3n) is 1.65. The van der Waals surface area contributed by atoms with E-state index in [1.807, 2.05) is 0 Å². The lowest BCUT2D eigenvalue weighted by Gasteiger charge is -2.20. The fraction of sp³-hybridized carbons (Fsp3) is 0.364. The Labute approximate surface area is 94.2 Å². The van der Waals surface area contributed by atoms with Crippen molar-refractivity contribution in [2.75, 3.05) is 5.73 Å². The van der Waals surface area contributed by atoms with E-state index in [9.17, 15) is 4.79 Å². The fourth-order valence-corrected chi connectivity index (χ4v) is 1.34. The van der Waals surface area contributed by atoms with Gasteiger partial charge in [0.05, 0.1) is 5.02 Å². The molecule has 0 aliphatic carbocycles. The van der Waals surface area contributed by atoms with Crippen LogP contribution in [0.4, 0.5) is 5.69 Å². The van der Waals surface area contributed by atoms with Gasteiger partial charge in [0.2, 0.25) is 0 Å². The fourth-order valence-electron chi connectivity index (χ4n) is 1.09. The molecule has 15 heavy (non-hydrogen) atoms. The minimum atomic E-state index is -0.553. The number of carbonyl (C=O) groups is 1. The van der Waals surface area contributed by atoms with E-state index in [2.05, 4.69) is 0 Å². The molecule has 0 saturated carbocycles. The minimum Gasteiger partial charge on any atom is -0.456 e. The van der Waals surface area contributed by atoms with Crippen molar-refractivity contribution in [3.63, 3.8) is 0 Å². The molecular weight excluding hydrogens is 214 g/mol. The van der Waals surface area contributed by atoms with E-state index in [4.69, 9.17) is 22.1 Å². The van der Waals surface area contributed by atoms with Gasteiger partial charge >= 0.3 is 5.97 Å². The zero-order valence-electron chi connectivity index (χ0n) is 9.00. The van der Waals surface area contributed by atoms with Crippen molar-refractivity contribution < 1.29 is 9.53 Å². The van der Waals surface area contributed by atoms with E-state index in [0.717, 1.165) is 0 Å². The van der Waals surface area contributed by atoms with Crippen LogP contribution in [0.15, 0.2) is 18.2 Å². The molecule has 0 spiro atoms. The summed E-state index contributed by atoms with van der Waals surface area (Å²) >= 11 is 5.87. The molecule has 0 bridgehead atoms. The lowest BCUT2D eigenvalue weighted by atomic mass is 10.1. The van der Waals surface area contributed by atoms with Crippen molar-refractivity contribution >= 4 is 23.3 Å². The third-order valence-corrected chi connectivity index (χ3v) is 1.96. The van der Waals surface area contributed by atoms with Crippen molar-refractivity contribution in [2.24, 2.45) is 0 Å². The van der Waals surface area contributed by atoms with Crippen molar-refractivity contribution in [2.45, 2.75) is 26.4 Å². The normalized spacial score (nSPS) is 11.2. The van der Waals surface area contributed by atoms with Crippen molar-refractivity contribution in [3.8, 4) is 0 Å². The Morgan fingerprint density at radius 2 is 2.00 bits per heavy atom. The predicted molar refractivity (Wildman–Crippen MR) is 61.0 cm³/mol. The van der Waals surface area contributed by atoms with Crippen molar-refractivity contribution in [1.82, 2.24) is 0 Å². The van der Waals surface area contributed by atoms with Crippen LogP contribution in [0.2, 0.25) is 5.02 Å². The quantitative estimate of drug-likeness (QED) is 0.593. The summed E-state index contributed by atoms with van der Waals surface area (Å²) in [5.74, 6) is -0.495. The standard InChI is InChI=1S/C11H14ClNO2/c1-11(2,3)15-10(14)9-7(12)5-4-6-8(9)13/h4-6H,13H2,1-3H3. The van der Waals surface area contributed by atoms with Crippen LogP contribution in [-0.2, 0) is 4.74 Å². The summed E-state index contributed by atoms with van der Waals surface area (Å²) in [5, 5.41) is 0.309. The van der Waals surface area contributed by atoms with E-state index >= 15 is 0 Å². The molecule has 4 heteroatoms. The molecule has 0 aromatic heterocycles.